The van der Waals surface area contributed by atoms with Crippen LogP contribution in [-0.2, 0) is 4.74 Å². The molecule has 1 aromatic rings. The van der Waals surface area contributed by atoms with Gasteiger partial charge in [-0.15, -0.1) is 0 Å². The van der Waals surface area contributed by atoms with Gasteiger partial charge in [-0.3, -0.25) is 0 Å². The van der Waals surface area contributed by atoms with Gasteiger partial charge in [0.05, 0.1) is 6.61 Å². The molecule has 0 radical (unpaired) electrons. The number of rotatable bonds is 4. The number of likely N-dealkylation sites (tertiary alicyclic amines) is 1. The molecule has 1 atom stereocenters. The summed E-state index contributed by atoms with van der Waals surface area (Å²) in [4.78, 5) is 10.2. The largest absolute Gasteiger partial charge is 0.383 e. The molecule has 0 aromatic carbocycles. The first kappa shape index (κ1) is 10.6. The fourth-order valence-corrected chi connectivity index (χ4v) is 2.12. The van der Waals surface area contributed by atoms with Gasteiger partial charge in [-0.2, -0.15) is 0 Å². The second-order valence-corrected chi connectivity index (χ2v) is 4.23. The van der Waals surface area contributed by atoms with E-state index in [9.17, 15) is 0 Å². The average molecular weight is 209 g/mol. The van der Waals surface area contributed by atoms with E-state index < -0.39 is 0 Å². The predicted molar refractivity (Wildman–Crippen MR) is 59.0 cm³/mol. The Labute approximate surface area is 90.6 Å². The van der Waals surface area contributed by atoms with Gasteiger partial charge in [0, 0.05) is 38.0 Å². The molecule has 84 valence electrons. The summed E-state index contributed by atoms with van der Waals surface area (Å²) in [5.41, 5.74) is 1.15. The van der Waals surface area contributed by atoms with Crippen LogP contribution < -0.4 is 0 Å². The molecule has 1 aliphatic heterocycles. The Morgan fingerprint density at radius 1 is 1.67 bits per heavy atom. The number of ether oxygens (including phenoxy) is 1. The molecular formula is C11H19N3O. The molecule has 2 heterocycles. The second kappa shape index (κ2) is 4.77. The zero-order valence-electron chi connectivity index (χ0n) is 9.49. The van der Waals surface area contributed by atoms with Gasteiger partial charge >= 0.3 is 0 Å². The van der Waals surface area contributed by atoms with E-state index in [1.165, 1.54) is 6.42 Å². The lowest BCUT2D eigenvalue weighted by atomic mass is 10.1. The summed E-state index contributed by atoms with van der Waals surface area (Å²) in [6, 6.07) is 0. The van der Waals surface area contributed by atoms with E-state index in [-0.39, 0.29) is 0 Å². The van der Waals surface area contributed by atoms with Gasteiger partial charge in [0.1, 0.15) is 5.82 Å². The standard InChI is InChI=1S/C11H19N3O/c1-9-7-12-11(13-9)10-3-4-14(8-10)5-6-15-2/h7,10H,3-6,8H2,1-2H3,(H,12,13). The highest BCUT2D eigenvalue weighted by atomic mass is 16.5. The van der Waals surface area contributed by atoms with Gasteiger partial charge in [0.25, 0.3) is 0 Å². The lowest BCUT2D eigenvalue weighted by Crippen LogP contribution is -2.24. The van der Waals surface area contributed by atoms with Crippen molar-refractivity contribution in [3.05, 3.63) is 17.7 Å². The van der Waals surface area contributed by atoms with E-state index in [4.69, 9.17) is 4.74 Å². The smallest absolute Gasteiger partial charge is 0.110 e. The first-order valence-corrected chi connectivity index (χ1v) is 5.52. The topological polar surface area (TPSA) is 41.1 Å². The van der Waals surface area contributed by atoms with Crippen molar-refractivity contribution >= 4 is 0 Å². The Hall–Kier alpha value is -0.870. The molecule has 1 unspecified atom stereocenters. The number of nitrogens with one attached hydrogen (secondary N) is 1. The number of methoxy groups -OCH3 is 1. The van der Waals surface area contributed by atoms with Gasteiger partial charge in [-0.25, -0.2) is 4.98 Å². The molecule has 1 saturated heterocycles. The number of imidazole rings is 1. The van der Waals surface area contributed by atoms with Crippen LogP contribution in [0.2, 0.25) is 0 Å². The van der Waals surface area contributed by atoms with Crippen molar-refractivity contribution in [2.75, 3.05) is 33.4 Å². The zero-order chi connectivity index (χ0) is 10.7. The second-order valence-electron chi connectivity index (χ2n) is 4.23. The van der Waals surface area contributed by atoms with Gasteiger partial charge in [-0.1, -0.05) is 0 Å². The van der Waals surface area contributed by atoms with Gasteiger partial charge < -0.3 is 14.6 Å². The molecule has 0 bridgehead atoms. The Balaban J connectivity index is 1.87. The molecule has 15 heavy (non-hydrogen) atoms. The van der Waals surface area contributed by atoms with Crippen LogP contribution in [0.1, 0.15) is 23.9 Å². The maximum atomic E-state index is 5.08. The minimum absolute atomic E-state index is 0.579. The summed E-state index contributed by atoms with van der Waals surface area (Å²) in [6.45, 7) is 6.18. The fourth-order valence-electron chi connectivity index (χ4n) is 2.12. The molecule has 1 fully saturated rings. The van der Waals surface area contributed by atoms with Crippen LogP contribution in [0.25, 0.3) is 0 Å². The van der Waals surface area contributed by atoms with Gasteiger partial charge in [0.15, 0.2) is 0 Å². The van der Waals surface area contributed by atoms with Crippen LogP contribution in [-0.4, -0.2) is 48.2 Å². The van der Waals surface area contributed by atoms with Crippen LogP contribution in [0.3, 0.4) is 0 Å². The third-order valence-electron chi connectivity index (χ3n) is 2.99. The van der Waals surface area contributed by atoms with Crippen LogP contribution in [0.15, 0.2) is 6.20 Å². The zero-order valence-corrected chi connectivity index (χ0v) is 9.49. The Morgan fingerprint density at radius 2 is 2.53 bits per heavy atom. The number of aromatic nitrogens is 2. The molecule has 1 N–H and O–H groups in total. The Morgan fingerprint density at radius 3 is 3.20 bits per heavy atom. The van der Waals surface area contributed by atoms with Crippen LogP contribution >= 0.6 is 0 Å². The molecule has 0 spiro atoms. The summed E-state index contributed by atoms with van der Waals surface area (Å²) >= 11 is 0. The van der Waals surface area contributed by atoms with E-state index in [0.717, 1.165) is 37.8 Å². The van der Waals surface area contributed by atoms with Crippen molar-refractivity contribution in [3.8, 4) is 0 Å². The van der Waals surface area contributed by atoms with Crippen molar-refractivity contribution in [1.82, 2.24) is 14.9 Å². The quantitative estimate of drug-likeness (QED) is 0.809. The molecule has 1 aromatic heterocycles. The first-order valence-electron chi connectivity index (χ1n) is 5.52. The first-order chi connectivity index (χ1) is 7.29. The number of hydrogen-bond donors (Lipinski definition) is 1. The number of aromatic amines is 1. The number of H-pyrrole nitrogens is 1. The van der Waals surface area contributed by atoms with Gasteiger partial charge in [-0.05, 0) is 19.9 Å². The summed E-state index contributed by atoms with van der Waals surface area (Å²) in [7, 11) is 1.75. The fraction of sp³-hybridized carbons (Fsp3) is 0.727. The maximum absolute atomic E-state index is 5.08. The molecule has 1 aliphatic rings. The lowest BCUT2D eigenvalue weighted by Gasteiger charge is -2.14. The molecule has 0 saturated carbocycles. The Kier molecular flexibility index (Phi) is 3.38. The average Bonchev–Trinajstić information content (AvgIpc) is 2.83. The summed E-state index contributed by atoms with van der Waals surface area (Å²) in [5.74, 6) is 1.72. The van der Waals surface area contributed by atoms with Crippen LogP contribution in [0.4, 0.5) is 0 Å². The number of hydrogen-bond acceptors (Lipinski definition) is 3. The summed E-state index contributed by atoms with van der Waals surface area (Å²) in [6.07, 6.45) is 3.11. The van der Waals surface area contributed by atoms with Crippen molar-refractivity contribution in [1.29, 1.82) is 0 Å². The SMILES string of the molecule is COCCN1CCC(c2ncc(C)[nH]2)C1. The molecule has 4 heteroatoms. The molecule has 0 amide bonds. The highest BCUT2D eigenvalue weighted by Crippen LogP contribution is 2.24. The number of aryl methyl sites for hydroxylation is 1. The van der Waals surface area contributed by atoms with E-state index in [1.807, 2.05) is 13.1 Å². The predicted octanol–water partition coefficient (Wildman–Crippen LogP) is 1.15. The Bertz CT molecular complexity index is 311. The van der Waals surface area contributed by atoms with E-state index >= 15 is 0 Å². The van der Waals surface area contributed by atoms with Crippen molar-refractivity contribution < 1.29 is 4.74 Å². The summed E-state index contributed by atoms with van der Waals surface area (Å²) < 4.78 is 5.08. The number of nitrogens with zero attached hydrogens (tertiary/aromatic N) is 2. The molecule has 0 aliphatic carbocycles. The lowest BCUT2D eigenvalue weighted by molar-refractivity contribution is 0.160. The minimum Gasteiger partial charge on any atom is -0.383 e. The van der Waals surface area contributed by atoms with Gasteiger partial charge in [0.2, 0.25) is 0 Å². The minimum atomic E-state index is 0.579. The van der Waals surface area contributed by atoms with E-state index in [0.29, 0.717) is 5.92 Å². The highest BCUT2D eigenvalue weighted by Gasteiger charge is 2.25. The summed E-state index contributed by atoms with van der Waals surface area (Å²) in [5, 5.41) is 0. The van der Waals surface area contributed by atoms with Crippen molar-refractivity contribution in [3.63, 3.8) is 0 Å². The van der Waals surface area contributed by atoms with E-state index in [2.05, 4.69) is 14.9 Å². The normalized spacial score (nSPS) is 22.4. The third-order valence-corrected chi connectivity index (χ3v) is 2.99. The molecular weight excluding hydrogens is 190 g/mol. The van der Waals surface area contributed by atoms with E-state index in [1.54, 1.807) is 7.11 Å². The van der Waals surface area contributed by atoms with Crippen LogP contribution in [0.5, 0.6) is 0 Å². The van der Waals surface area contributed by atoms with Crippen LogP contribution in [0, 0.1) is 6.92 Å². The maximum Gasteiger partial charge on any atom is 0.110 e. The molecule has 4 nitrogen and oxygen atoms in total. The third kappa shape index (κ3) is 2.58. The van der Waals surface area contributed by atoms with Crippen molar-refractivity contribution in [2.24, 2.45) is 0 Å². The highest BCUT2D eigenvalue weighted by molar-refractivity contribution is 5.06. The molecule has 2 rings (SSSR count). The monoisotopic (exact) mass is 209 g/mol. The van der Waals surface area contributed by atoms with Crippen molar-refractivity contribution in [2.45, 2.75) is 19.3 Å².